The number of aromatic nitrogens is 1. The first-order chi connectivity index (χ1) is 14.9. The molecule has 2 heterocycles. The molecular weight excluding hydrogens is 400 g/mol. The Morgan fingerprint density at radius 1 is 1.13 bits per heavy atom. The third-order valence-electron chi connectivity index (χ3n) is 5.63. The molecule has 0 spiro atoms. The number of nitrogens with zero attached hydrogens (tertiary/aromatic N) is 4. The summed E-state index contributed by atoms with van der Waals surface area (Å²) in [6.45, 7) is 5.31. The molecule has 1 saturated heterocycles. The van der Waals surface area contributed by atoms with E-state index in [-0.39, 0.29) is 17.2 Å². The summed E-state index contributed by atoms with van der Waals surface area (Å²) in [5, 5.41) is 10.9. The largest absolute Gasteiger partial charge is 0.419 e. The van der Waals surface area contributed by atoms with Gasteiger partial charge >= 0.3 is 5.76 Å². The highest BCUT2D eigenvalue weighted by atomic mass is 16.6. The molecule has 1 aliphatic heterocycles. The van der Waals surface area contributed by atoms with Gasteiger partial charge in [0.15, 0.2) is 5.58 Å². The number of hydrogen-bond donors (Lipinski definition) is 0. The maximum absolute atomic E-state index is 12.6. The summed E-state index contributed by atoms with van der Waals surface area (Å²) in [7, 11) is 0. The van der Waals surface area contributed by atoms with Crippen LogP contribution in [0.3, 0.4) is 0 Å². The Kier molecular flexibility index (Phi) is 5.75. The first-order valence-corrected chi connectivity index (χ1v) is 10.3. The number of fused-ring (bicyclic) bond motifs is 1. The minimum Gasteiger partial charge on any atom is -0.407 e. The lowest BCUT2D eigenvalue weighted by Crippen LogP contribution is -2.48. The summed E-state index contributed by atoms with van der Waals surface area (Å²) in [6.07, 6.45) is 0.818. The normalized spacial score (nSPS) is 14.2. The molecule has 0 aliphatic carbocycles. The smallest absolute Gasteiger partial charge is 0.407 e. The quantitative estimate of drug-likeness (QED) is 0.445. The molecule has 3 aromatic rings. The topological polar surface area (TPSA) is 102 Å². The van der Waals surface area contributed by atoms with E-state index in [1.807, 2.05) is 11.0 Å². The van der Waals surface area contributed by atoms with E-state index in [0.29, 0.717) is 38.0 Å². The van der Waals surface area contributed by atoms with E-state index in [9.17, 15) is 19.7 Å². The van der Waals surface area contributed by atoms with Crippen molar-refractivity contribution in [3.8, 4) is 0 Å². The van der Waals surface area contributed by atoms with Gasteiger partial charge in [0.05, 0.1) is 16.5 Å². The van der Waals surface area contributed by atoms with Gasteiger partial charge in [0.2, 0.25) is 5.91 Å². The molecule has 0 saturated carbocycles. The maximum atomic E-state index is 12.6. The summed E-state index contributed by atoms with van der Waals surface area (Å²) in [4.78, 5) is 39.2. The van der Waals surface area contributed by atoms with Crippen molar-refractivity contribution < 1.29 is 14.1 Å². The van der Waals surface area contributed by atoms with Crippen LogP contribution >= 0.6 is 0 Å². The number of carbonyl (C=O) groups is 1. The molecule has 1 fully saturated rings. The minimum atomic E-state index is -0.574. The number of rotatable bonds is 6. The number of amides is 1. The Morgan fingerprint density at radius 3 is 2.61 bits per heavy atom. The molecule has 2 aromatic carbocycles. The fourth-order valence-corrected chi connectivity index (χ4v) is 3.97. The summed E-state index contributed by atoms with van der Waals surface area (Å²) in [6, 6.07) is 12.4. The van der Waals surface area contributed by atoms with Crippen molar-refractivity contribution >= 4 is 28.4 Å². The highest BCUT2D eigenvalue weighted by molar-refractivity contribution is 5.77. The average molecular weight is 424 g/mol. The standard InChI is InChI=1S/C22H24N4O5/c1-16-4-2-5-17(14-16)23-10-12-24(13-11-23)21(27)6-3-9-25-19-8-7-18(26(29)30)15-20(19)31-22(25)28/h2,4-5,7-8,14-15H,3,6,9-13H2,1H3. The Labute approximate surface area is 178 Å². The number of nitro groups is 1. The Morgan fingerprint density at radius 2 is 1.90 bits per heavy atom. The van der Waals surface area contributed by atoms with Gasteiger partial charge in [0.1, 0.15) is 0 Å². The Bertz CT molecular complexity index is 1170. The molecule has 0 bridgehead atoms. The molecule has 0 atom stereocenters. The van der Waals surface area contributed by atoms with Gasteiger partial charge in [-0.2, -0.15) is 0 Å². The van der Waals surface area contributed by atoms with Gasteiger partial charge in [-0.15, -0.1) is 0 Å². The van der Waals surface area contributed by atoms with Crippen molar-refractivity contribution in [2.75, 3.05) is 31.1 Å². The monoisotopic (exact) mass is 424 g/mol. The first-order valence-electron chi connectivity index (χ1n) is 10.3. The fraction of sp³-hybridized carbons (Fsp3) is 0.364. The number of piperazine rings is 1. The van der Waals surface area contributed by atoms with Crippen LogP contribution in [-0.2, 0) is 11.3 Å². The van der Waals surface area contributed by atoms with Crippen molar-refractivity contribution in [2.24, 2.45) is 0 Å². The lowest BCUT2D eigenvalue weighted by molar-refractivity contribution is -0.384. The summed E-state index contributed by atoms with van der Waals surface area (Å²) in [5.74, 6) is -0.505. The summed E-state index contributed by atoms with van der Waals surface area (Å²) in [5.41, 5.74) is 2.94. The van der Waals surface area contributed by atoms with E-state index in [2.05, 4.69) is 30.0 Å². The third kappa shape index (κ3) is 4.45. The van der Waals surface area contributed by atoms with Crippen molar-refractivity contribution in [1.29, 1.82) is 0 Å². The van der Waals surface area contributed by atoms with Crippen LogP contribution in [-0.4, -0.2) is 46.5 Å². The van der Waals surface area contributed by atoms with E-state index < -0.39 is 10.7 Å². The molecule has 1 amide bonds. The van der Waals surface area contributed by atoms with Gasteiger partial charge in [0, 0.05) is 50.9 Å². The fourth-order valence-electron chi connectivity index (χ4n) is 3.97. The molecule has 0 unspecified atom stereocenters. The predicted molar refractivity (Wildman–Crippen MR) is 116 cm³/mol. The van der Waals surface area contributed by atoms with Crippen molar-refractivity contribution in [1.82, 2.24) is 9.47 Å². The Balaban J connectivity index is 1.31. The van der Waals surface area contributed by atoms with Crippen LogP contribution in [0, 0.1) is 17.0 Å². The molecule has 9 nitrogen and oxygen atoms in total. The number of oxazole rings is 1. The van der Waals surface area contributed by atoms with Crippen LogP contribution < -0.4 is 10.7 Å². The highest BCUT2D eigenvalue weighted by Gasteiger charge is 2.21. The Hall–Kier alpha value is -3.62. The van der Waals surface area contributed by atoms with Gasteiger partial charge in [-0.25, -0.2) is 4.79 Å². The molecule has 0 radical (unpaired) electrons. The minimum absolute atomic E-state index is 0.0698. The molecule has 9 heteroatoms. The number of aryl methyl sites for hydroxylation is 2. The van der Waals surface area contributed by atoms with E-state index in [1.54, 1.807) is 0 Å². The molecule has 162 valence electrons. The molecule has 4 rings (SSSR count). The van der Waals surface area contributed by atoms with Crippen LogP contribution in [0.2, 0.25) is 0 Å². The third-order valence-corrected chi connectivity index (χ3v) is 5.63. The molecule has 1 aliphatic rings. The van der Waals surface area contributed by atoms with Crippen molar-refractivity contribution in [3.05, 3.63) is 68.7 Å². The highest BCUT2D eigenvalue weighted by Crippen LogP contribution is 2.21. The number of non-ortho nitro benzene ring substituents is 1. The van der Waals surface area contributed by atoms with Crippen molar-refractivity contribution in [2.45, 2.75) is 26.3 Å². The lowest BCUT2D eigenvalue weighted by Gasteiger charge is -2.36. The maximum Gasteiger partial charge on any atom is 0.419 e. The number of nitro benzene ring substituents is 1. The SMILES string of the molecule is Cc1cccc(N2CCN(C(=O)CCCn3c(=O)oc4cc([N+](=O)[O-])ccc43)CC2)c1. The van der Waals surface area contributed by atoms with Crippen molar-refractivity contribution in [3.63, 3.8) is 0 Å². The molecule has 1 aromatic heterocycles. The van der Waals surface area contributed by atoms with Gasteiger partial charge in [-0.1, -0.05) is 12.1 Å². The summed E-state index contributed by atoms with van der Waals surface area (Å²) >= 11 is 0. The number of benzene rings is 2. The number of hydrogen-bond acceptors (Lipinski definition) is 6. The second-order valence-corrected chi connectivity index (χ2v) is 7.74. The lowest BCUT2D eigenvalue weighted by atomic mass is 10.2. The summed E-state index contributed by atoms with van der Waals surface area (Å²) < 4.78 is 6.55. The van der Waals surface area contributed by atoms with E-state index in [0.717, 1.165) is 13.1 Å². The predicted octanol–water partition coefficient (Wildman–Crippen LogP) is 2.94. The van der Waals surface area contributed by atoms with Gasteiger partial charge in [-0.3, -0.25) is 19.5 Å². The zero-order chi connectivity index (χ0) is 22.0. The van der Waals surface area contributed by atoms with E-state index in [4.69, 9.17) is 4.42 Å². The second kappa shape index (κ2) is 8.63. The van der Waals surface area contributed by atoms with Crippen LogP contribution in [0.1, 0.15) is 18.4 Å². The van der Waals surface area contributed by atoms with Crippen LogP contribution in [0.4, 0.5) is 11.4 Å². The van der Waals surface area contributed by atoms with Gasteiger partial charge in [-0.05, 0) is 37.1 Å². The molecular formula is C22H24N4O5. The zero-order valence-electron chi connectivity index (χ0n) is 17.3. The van der Waals surface area contributed by atoms with Crippen LogP contribution in [0.5, 0.6) is 0 Å². The van der Waals surface area contributed by atoms with E-state index >= 15 is 0 Å². The second-order valence-electron chi connectivity index (χ2n) is 7.74. The van der Waals surface area contributed by atoms with Crippen LogP contribution in [0.15, 0.2) is 51.7 Å². The molecule has 0 N–H and O–H groups in total. The van der Waals surface area contributed by atoms with Gasteiger partial charge < -0.3 is 14.2 Å². The van der Waals surface area contributed by atoms with E-state index in [1.165, 1.54) is 34.0 Å². The number of anilines is 1. The average Bonchev–Trinajstić information content (AvgIpc) is 3.08. The number of carbonyl (C=O) groups excluding carboxylic acids is 1. The van der Waals surface area contributed by atoms with Gasteiger partial charge in [0.25, 0.3) is 5.69 Å². The molecule has 31 heavy (non-hydrogen) atoms. The van der Waals surface area contributed by atoms with Crippen LogP contribution in [0.25, 0.3) is 11.1 Å². The first kappa shape index (κ1) is 20.6. The zero-order valence-corrected chi connectivity index (χ0v) is 17.3.